The lowest BCUT2D eigenvalue weighted by atomic mass is 10.1. The first-order valence-corrected chi connectivity index (χ1v) is 10.9. The Hall–Kier alpha value is -3.99. The second-order valence-electron chi connectivity index (χ2n) is 6.56. The van der Waals surface area contributed by atoms with Gasteiger partial charge in [0.1, 0.15) is 11.5 Å². The summed E-state index contributed by atoms with van der Waals surface area (Å²) in [6.45, 7) is 0. The normalized spacial score (nSPS) is 11.0. The van der Waals surface area contributed by atoms with E-state index >= 15 is 0 Å². The van der Waals surface area contributed by atoms with Gasteiger partial charge in [0.15, 0.2) is 15.5 Å². The van der Waals surface area contributed by atoms with E-state index in [1.807, 2.05) is 0 Å². The minimum absolute atomic E-state index is 0.0302. The molecule has 0 spiro atoms. The van der Waals surface area contributed by atoms with Gasteiger partial charge in [0.25, 0.3) is 5.69 Å². The summed E-state index contributed by atoms with van der Waals surface area (Å²) in [5, 5.41) is 11.5. The summed E-state index contributed by atoms with van der Waals surface area (Å²) in [4.78, 5) is 27.4. The van der Waals surface area contributed by atoms with E-state index in [1.54, 1.807) is 0 Å². The van der Waals surface area contributed by atoms with Gasteiger partial charge in [-0.25, -0.2) is 18.2 Å². The molecule has 0 aliphatic rings. The van der Waals surface area contributed by atoms with Crippen LogP contribution in [-0.2, 0) is 14.6 Å². The van der Waals surface area contributed by atoms with Crippen molar-refractivity contribution in [3.05, 3.63) is 70.3 Å². The van der Waals surface area contributed by atoms with Gasteiger partial charge < -0.3 is 14.2 Å². The molecule has 1 aromatic heterocycles. The number of nitro groups is 1. The molecule has 166 valence electrons. The lowest BCUT2D eigenvalue weighted by Gasteiger charge is -2.11. The van der Waals surface area contributed by atoms with E-state index < -0.39 is 20.7 Å². The highest BCUT2D eigenvalue weighted by molar-refractivity contribution is 7.90. The lowest BCUT2D eigenvalue weighted by molar-refractivity contribution is -0.384. The van der Waals surface area contributed by atoms with Crippen LogP contribution in [0.1, 0.15) is 10.4 Å². The smallest absolute Gasteiger partial charge is 0.338 e. The number of sulfone groups is 1. The van der Waals surface area contributed by atoms with Gasteiger partial charge in [-0.2, -0.15) is 0 Å². The number of hydrogen-bond donors (Lipinski definition) is 0. The molecule has 0 fully saturated rings. The minimum atomic E-state index is -3.38. The van der Waals surface area contributed by atoms with Crippen LogP contribution in [0.2, 0.25) is 0 Å². The zero-order valence-electron chi connectivity index (χ0n) is 17.3. The first-order valence-electron chi connectivity index (χ1n) is 9.03. The fourth-order valence-electron chi connectivity index (χ4n) is 2.83. The highest BCUT2D eigenvalue weighted by Gasteiger charge is 2.21. The van der Waals surface area contributed by atoms with Gasteiger partial charge in [0, 0.05) is 24.0 Å². The molecule has 0 amide bonds. The summed E-state index contributed by atoms with van der Waals surface area (Å²) in [7, 11) is -0.804. The largest absolute Gasteiger partial charge is 0.481 e. The third-order valence-electron chi connectivity index (χ3n) is 4.34. The molecular weight excluding hydrogens is 440 g/mol. The molecule has 0 unspecified atom stereocenters. The Kier molecular flexibility index (Phi) is 6.40. The van der Waals surface area contributed by atoms with E-state index in [2.05, 4.69) is 4.98 Å². The van der Waals surface area contributed by atoms with Crippen molar-refractivity contribution in [1.82, 2.24) is 4.98 Å². The maximum absolute atomic E-state index is 12.2. The van der Waals surface area contributed by atoms with Crippen LogP contribution in [0, 0.1) is 10.1 Å². The molecule has 32 heavy (non-hydrogen) atoms. The quantitative estimate of drug-likeness (QED) is 0.295. The van der Waals surface area contributed by atoms with Gasteiger partial charge in [0.05, 0.1) is 29.6 Å². The molecule has 3 rings (SSSR count). The third-order valence-corrected chi connectivity index (χ3v) is 5.47. The van der Waals surface area contributed by atoms with Crippen molar-refractivity contribution < 1.29 is 32.3 Å². The molecule has 1 heterocycles. The van der Waals surface area contributed by atoms with E-state index in [-0.39, 0.29) is 39.0 Å². The van der Waals surface area contributed by atoms with Crippen LogP contribution in [0.25, 0.3) is 11.3 Å². The summed E-state index contributed by atoms with van der Waals surface area (Å²) < 4.78 is 38.9. The highest BCUT2D eigenvalue weighted by atomic mass is 32.2. The predicted molar refractivity (Wildman–Crippen MR) is 114 cm³/mol. The van der Waals surface area contributed by atoms with Crippen LogP contribution in [0.3, 0.4) is 0 Å². The monoisotopic (exact) mass is 458 g/mol. The number of aromatic nitrogens is 1. The molecule has 2 aromatic carbocycles. The van der Waals surface area contributed by atoms with Crippen molar-refractivity contribution in [1.29, 1.82) is 0 Å². The van der Waals surface area contributed by atoms with Crippen molar-refractivity contribution in [3.63, 3.8) is 0 Å². The van der Waals surface area contributed by atoms with Crippen LogP contribution in [0.15, 0.2) is 59.5 Å². The van der Waals surface area contributed by atoms with Crippen LogP contribution in [0.4, 0.5) is 5.69 Å². The number of esters is 1. The molecular formula is C21H18N2O8S. The number of benzene rings is 2. The number of carbonyl (C=O) groups excluding carboxylic acids is 1. The summed E-state index contributed by atoms with van der Waals surface area (Å²) in [5.41, 5.74) is -0.0263. The van der Waals surface area contributed by atoms with Crippen molar-refractivity contribution in [2.75, 3.05) is 20.5 Å². The van der Waals surface area contributed by atoms with Crippen LogP contribution >= 0.6 is 0 Å². The highest BCUT2D eigenvalue weighted by Crippen LogP contribution is 2.34. The van der Waals surface area contributed by atoms with Gasteiger partial charge in [-0.15, -0.1) is 0 Å². The minimum Gasteiger partial charge on any atom is -0.481 e. The SMILES string of the molecule is COC(=O)c1cc(Oc2ccc(S(C)(=O)=O)cc2)cc(-c2nc(OC)ccc2[N+](=O)[O-])c1. The number of rotatable bonds is 7. The molecule has 0 saturated carbocycles. The number of nitrogens with zero attached hydrogens (tertiary/aromatic N) is 2. The second kappa shape index (κ2) is 9.02. The van der Waals surface area contributed by atoms with E-state index in [9.17, 15) is 23.3 Å². The topological polar surface area (TPSA) is 135 Å². The van der Waals surface area contributed by atoms with Gasteiger partial charge in [-0.05, 0) is 42.5 Å². The number of hydrogen-bond acceptors (Lipinski definition) is 9. The van der Waals surface area contributed by atoms with E-state index in [0.29, 0.717) is 5.75 Å². The fraction of sp³-hybridized carbons (Fsp3) is 0.143. The molecule has 0 atom stereocenters. The standard InChI is InChI=1S/C21H18N2O8S/c1-29-19-9-8-18(23(25)26)20(22-19)13-10-14(21(24)30-2)12-16(11-13)31-15-4-6-17(7-5-15)32(3,27)28/h4-12H,1-3H3. The molecule has 0 aliphatic heterocycles. The number of pyridine rings is 1. The number of ether oxygens (including phenoxy) is 3. The summed E-state index contributed by atoms with van der Waals surface area (Å²) in [6.07, 6.45) is 1.09. The molecule has 0 N–H and O–H groups in total. The summed E-state index contributed by atoms with van der Waals surface area (Å²) in [5.74, 6) is -0.0880. The molecule has 11 heteroatoms. The zero-order valence-corrected chi connectivity index (χ0v) is 18.1. The van der Waals surface area contributed by atoms with Crippen LogP contribution in [-0.4, -0.2) is 44.8 Å². The van der Waals surface area contributed by atoms with Crippen LogP contribution < -0.4 is 9.47 Å². The molecule has 0 radical (unpaired) electrons. The Bertz CT molecular complexity index is 1290. The summed E-state index contributed by atoms with van der Waals surface area (Å²) in [6, 6.07) is 12.5. The summed E-state index contributed by atoms with van der Waals surface area (Å²) >= 11 is 0. The molecule has 3 aromatic rings. The zero-order chi connectivity index (χ0) is 23.5. The lowest BCUT2D eigenvalue weighted by Crippen LogP contribution is -2.03. The Balaban J connectivity index is 2.11. The fourth-order valence-corrected chi connectivity index (χ4v) is 3.46. The van der Waals surface area contributed by atoms with E-state index in [0.717, 1.165) is 6.26 Å². The molecule has 10 nitrogen and oxygen atoms in total. The first kappa shape index (κ1) is 22.7. The first-order chi connectivity index (χ1) is 15.1. The Morgan fingerprint density at radius 1 is 1.00 bits per heavy atom. The maximum atomic E-state index is 12.2. The van der Waals surface area contributed by atoms with Crippen molar-refractivity contribution in [2.24, 2.45) is 0 Å². The van der Waals surface area contributed by atoms with E-state index in [1.165, 1.54) is 68.8 Å². The van der Waals surface area contributed by atoms with E-state index in [4.69, 9.17) is 14.2 Å². The molecule has 0 saturated heterocycles. The predicted octanol–water partition coefficient (Wildman–Crippen LogP) is 3.65. The van der Waals surface area contributed by atoms with Crippen molar-refractivity contribution in [2.45, 2.75) is 4.90 Å². The Morgan fingerprint density at radius 2 is 1.69 bits per heavy atom. The molecule has 0 bridgehead atoms. The van der Waals surface area contributed by atoms with Gasteiger partial charge in [0.2, 0.25) is 5.88 Å². The Labute approximate surface area is 183 Å². The maximum Gasteiger partial charge on any atom is 0.338 e. The van der Waals surface area contributed by atoms with Crippen molar-refractivity contribution in [3.8, 4) is 28.6 Å². The van der Waals surface area contributed by atoms with Crippen LogP contribution in [0.5, 0.6) is 17.4 Å². The van der Waals surface area contributed by atoms with Gasteiger partial charge in [-0.3, -0.25) is 10.1 Å². The van der Waals surface area contributed by atoms with Crippen molar-refractivity contribution >= 4 is 21.5 Å². The second-order valence-corrected chi connectivity index (χ2v) is 8.58. The average molecular weight is 458 g/mol. The third kappa shape index (κ3) is 5.01. The number of methoxy groups -OCH3 is 2. The Morgan fingerprint density at radius 3 is 2.25 bits per heavy atom. The van der Waals surface area contributed by atoms with Gasteiger partial charge >= 0.3 is 5.97 Å². The average Bonchev–Trinajstić information content (AvgIpc) is 2.77. The molecule has 0 aliphatic carbocycles. The van der Waals surface area contributed by atoms with Gasteiger partial charge in [-0.1, -0.05) is 0 Å². The number of carbonyl (C=O) groups is 1.